The summed E-state index contributed by atoms with van der Waals surface area (Å²) in [5.74, 6) is 0.885. The van der Waals surface area contributed by atoms with E-state index in [-0.39, 0.29) is 23.9 Å². The van der Waals surface area contributed by atoms with E-state index in [0.29, 0.717) is 18.0 Å². The number of sulfonamides is 1. The molecule has 2 aromatic carbocycles. The Morgan fingerprint density at radius 2 is 1.70 bits per heavy atom. The maximum atomic E-state index is 15.0. The van der Waals surface area contributed by atoms with E-state index in [1.54, 1.807) is 27.0 Å². The predicted molar refractivity (Wildman–Crippen MR) is 182 cm³/mol. The van der Waals surface area contributed by atoms with Crippen molar-refractivity contribution in [3.8, 4) is 17.0 Å². The van der Waals surface area contributed by atoms with Crippen LogP contribution in [0.3, 0.4) is 0 Å². The first kappa shape index (κ1) is 30.9. The van der Waals surface area contributed by atoms with Crippen molar-refractivity contribution >= 4 is 32.7 Å². The molecule has 0 radical (unpaired) electrons. The lowest BCUT2D eigenvalue weighted by atomic mass is 9.81. The molecule has 2 bridgehead atoms. The Hall–Kier alpha value is -3.37. The van der Waals surface area contributed by atoms with Crippen LogP contribution in [-0.2, 0) is 21.4 Å². The molecule has 4 fully saturated rings. The summed E-state index contributed by atoms with van der Waals surface area (Å²) in [4.78, 5) is 33.0. The minimum Gasteiger partial charge on any atom is -0.497 e. The quantitative estimate of drug-likeness (QED) is 0.369. The Bertz CT molecular complexity index is 1880. The second-order valence-corrected chi connectivity index (χ2v) is 17.4. The number of methoxy groups -OCH3 is 1. The van der Waals surface area contributed by atoms with Gasteiger partial charge in [0.1, 0.15) is 5.75 Å². The van der Waals surface area contributed by atoms with Gasteiger partial charge in [0.25, 0.3) is 5.91 Å². The highest BCUT2D eigenvalue weighted by molar-refractivity contribution is 7.90. The number of benzene rings is 2. The number of rotatable bonds is 6. The van der Waals surface area contributed by atoms with Crippen molar-refractivity contribution in [2.45, 2.75) is 101 Å². The molecule has 8 rings (SSSR count). The van der Waals surface area contributed by atoms with E-state index >= 15 is 0 Å². The van der Waals surface area contributed by atoms with Crippen LogP contribution in [0.5, 0.6) is 5.75 Å². The lowest BCUT2D eigenvalue weighted by Crippen LogP contribution is -2.57. The molecule has 47 heavy (non-hydrogen) atoms. The summed E-state index contributed by atoms with van der Waals surface area (Å²) in [6, 6.07) is 12.5. The second kappa shape index (κ2) is 11.1. The van der Waals surface area contributed by atoms with E-state index in [4.69, 9.17) is 4.74 Å². The summed E-state index contributed by atoms with van der Waals surface area (Å²) in [6.45, 7) is 5.48. The lowest BCUT2D eigenvalue weighted by Gasteiger charge is -2.41. The molecule has 2 saturated heterocycles. The fraction of sp³-hybridized carbons (Fsp3) is 0.568. The van der Waals surface area contributed by atoms with Crippen LogP contribution in [0.1, 0.15) is 98.5 Å². The van der Waals surface area contributed by atoms with Crippen LogP contribution < -0.4 is 9.46 Å². The van der Waals surface area contributed by atoms with Gasteiger partial charge in [-0.2, -0.15) is 0 Å². The van der Waals surface area contributed by atoms with E-state index in [9.17, 15) is 18.0 Å². The number of hydrogen-bond donors (Lipinski definition) is 1. The zero-order valence-corrected chi connectivity index (χ0v) is 28.7. The predicted octanol–water partition coefficient (Wildman–Crippen LogP) is 5.62. The van der Waals surface area contributed by atoms with Gasteiger partial charge >= 0.3 is 0 Å². The van der Waals surface area contributed by atoms with Crippen LogP contribution in [0.15, 0.2) is 36.4 Å². The first-order chi connectivity index (χ1) is 22.5. The molecule has 5 aliphatic rings. The topological polar surface area (TPSA) is 101 Å². The normalized spacial score (nSPS) is 27.3. The lowest BCUT2D eigenvalue weighted by molar-refractivity contribution is -0.143. The van der Waals surface area contributed by atoms with Crippen molar-refractivity contribution in [2.24, 2.45) is 5.41 Å². The third kappa shape index (κ3) is 4.84. The Labute approximate surface area is 277 Å². The maximum Gasteiger partial charge on any atom is 0.264 e. The Kier molecular flexibility index (Phi) is 7.30. The third-order valence-corrected chi connectivity index (χ3v) is 13.7. The molecule has 1 aromatic heterocycles. The standard InChI is InChI=1S/C37H46N4O5S/c1-22(2)47(44,45)38-35(42)24-10-14-29-32(16-24)40-21-37(36(43)41-25-11-12-26(41)20-39(3)19-25)18-31(37)30-17-27(46-4)13-15-28(30)34(40)33(29)23-8-6-5-7-9-23/h10,13-17,22-23,25-26,31H,5-9,11-12,18-21H2,1-4H3,(H,38,42)/t25?,26?,31-,37+/m0/s1. The molecular weight excluding hydrogens is 612 g/mol. The number of nitrogens with one attached hydrogen (secondary N) is 1. The van der Waals surface area contributed by atoms with Crippen molar-refractivity contribution in [2.75, 3.05) is 27.2 Å². The van der Waals surface area contributed by atoms with Gasteiger partial charge in [-0.15, -0.1) is 0 Å². The fourth-order valence-electron chi connectivity index (χ4n) is 9.43. The van der Waals surface area contributed by atoms with Crippen LogP contribution in [0.2, 0.25) is 0 Å². The SMILES string of the molecule is COc1ccc2c(c1)[C@@H]1C[C@@]1(C(=O)N1C3CCC1CN(C)C3)Cn1c-2c(C2CCCCC2)c2ccc(C(=O)NS(=O)(=O)C(C)C)cc21. The number of likely N-dealkylation sites (N-methyl/N-ethyl adjacent to an activating group) is 1. The highest BCUT2D eigenvalue weighted by Gasteiger charge is 2.65. The number of carbonyl (C=O) groups excluding carboxylic acids is 2. The summed E-state index contributed by atoms with van der Waals surface area (Å²) >= 11 is 0. The molecule has 250 valence electrons. The summed E-state index contributed by atoms with van der Waals surface area (Å²) in [5.41, 5.74) is 5.40. The van der Waals surface area contributed by atoms with Crippen molar-refractivity contribution in [1.82, 2.24) is 19.1 Å². The first-order valence-corrected chi connectivity index (χ1v) is 19.0. The van der Waals surface area contributed by atoms with Crippen LogP contribution >= 0.6 is 0 Å². The van der Waals surface area contributed by atoms with Gasteiger partial charge in [0.15, 0.2) is 0 Å². The molecule has 2 unspecified atom stereocenters. The molecular formula is C37H46N4O5S. The summed E-state index contributed by atoms with van der Waals surface area (Å²) in [5, 5.41) is 0.368. The van der Waals surface area contributed by atoms with E-state index in [1.807, 2.05) is 18.2 Å². The Morgan fingerprint density at radius 1 is 0.979 bits per heavy atom. The second-order valence-electron chi connectivity index (χ2n) is 15.1. The van der Waals surface area contributed by atoms with Gasteiger partial charge in [-0.1, -0.05) is 25.3 Å². The number of hydrogen-bond acceptors (Lipinski definition) is 6. The molecule has 4 heterocycles. The van der Waals surface area contributed by atoms with Gasteiger partial charge in [-0.05, 0) is 100 Å². The van der Waals surface area contributed by atoms with Gasteiger partial charge in [-0.3, -0.25) is 9.59 Å². The minimum absolute atomic E-state index is 0.0796. The van der Waals surface area contributed by atoms with Crippen LogP contribution in [0, 0.1) is 5.41 Å². The van der Waals surface area contributed by atoms with Crippen molar-refractivity contribution in [3.63, 3.8) is 0 Å². The molecule has 3 aliphatic heterocycles. The number of piperazine rings is 1. The average Bonchev–Trinajstić information content (AvgIpc) is 3.64. The largest absolute Gasteiger partial charge is 0.497 e. The van der Waals surface area contributed by atoms with Crippen LogP contribution in [0.4, 0.5) is 0 Å². The molecule has 2 amide bonds. The Morgan fingerprint density at radius 3 is 2.38 bits per heavy atom. The van der Waals surface area contributed by atoms with E-state index in [2.05, 4.69) is 38.3 Å². The highest BCUT2D eigenvalue weighted by Crippen LogP contribution is 2.66. The minimum atomic E-state index is -3.80. The van der Waals surface area contributed by atoms with E-state index in [1.165, 1.54) is 30.4 Å². The van der Waals surface area contributed by atoms with E-state index in [0.717, 1.165) is 73.1 Å². The monoisotopic (exact) mass is 658 g/mol. The van der Waals surface area contributed by atoms with Crippen LogP contribution in [0.25, 0.3) is 22.2 Å². The van der Waals surface area contributed by atoms with Crippen LogP contribution in [-0.4, -0.2) is 79.2 Å². The number of ether oxygens (including phenoxy) is 1. The Balaban J connectivity index is 1.32. The van der Waals surface area contributed by atoms with Gasteiger partial charge in [0.2, 0.25) is 15.9 Å². The van der Waals surface area contributed by atoms with Crippen molar-refractivity contribution in [3.05, 3.63) is 53.1 Å². The average molecular weight is 659 g/mol. The summed E-state index contributed by atoms with van der Waals surface area (Å²) in [7, 11) is 0.0575. The number of fused-ring (bicyclic) bond motifs is 9. The van der Waals surface area contributed by atoms with Crippen molar-refractivity contribution in [1.29, 1.82) is 0 Å². The number of aromatic nitrogens is 1. The zero-order valence-electron chi connectivity index (χ0n) is 27.9. The van der Waals surface area contributed by atoms with Gasteiger partial charge in [0.05, 0.1) is 23.5 Å². The molecule has 1 N–H and O–H groups in total. The molecule has 3 aromatic rings. The summed E-state index contributed by atoms with van der Waals surface area (Å²) < 4.78 is 35.7. The molecule has 2 aliphatic carbocycles. The third-order valence-electron chi connectivity index (χ3n) is 12.0. The number of carbonyl (C=O) groups is 2. The number of nitrogens with zero attached hydrogens (tertiary/aromatic N) is 3. The van der Waals surface area contributed by atoms with Crippen molar-refractivity contribution < 1.29 is 22.7 Å². The molecule has 2 saturated carbocycles. The van der Waals surface area contributed by atoms with Gasteiger partial charge in [-0.25, -0.2) is 13.1 Å². The molecule has 9 nitrogen and oxygen atoms in total. The molecule has 10 heteroatoms. The van der Waals surface area contributed by atoms with Gasteiger partial charge < -0.3 is 19.1 Å². The maximum absolute atomic E-state index is 15.0. The smallest absolute Gasteiger partial charge is 0.264 e. The fourth-order valence-corrected chi connectivity index (χ4v) is 10.0. The molecule has 0 spiro atoms. The van der Waals surface area contributed by atoms with Gasteiger partial charge in [0, 0.05) is 59.7 Å². The molecule has 4 atom stereocenters. The zero-order chi connectivity index (χ0) is 32.8. The number of likely N-dealkylation sites (tertiary alicyclic amines) is 1. The van der Waals surface area contributed by atoms with E-state index < -0.39 is 26.6 Å². The number of amides is 2. The first-order valence-electron chi connectivity index (χ1n) is 17.4. The summed E-state index contributed by atoms with van der Waals surface area (Å²) in [6.07, 6.45) is 8.67. The highest BCUT2D eigenvalue weighted by atomic mass is 32.2.